The highest BCUT2D eigenvalue weighted by Gasteiger charge is 2.01. The standard InChI is InChI=1S/C15H17/c1-3-4-8-13-9-6-10-14-12(2)7-5-11-15(13)14/h5-7,9-11H,2-4,8H2,1H3. The van der Waals surface area contributed by atoms with Gasteiger partial charge in [0, 0.05) is 0 Å². The zero-order chi connectivity index (χ0) is 10.7. The molecule has 0 fully saturated rings. The first-order valence-corrected chi connectivity index (χ1v) is 5.65. The highest BCUT2D eigenvalue weighted by Crippen LogP contribution is 2.23. The van der Waals surface area contributed by atoms with Crippen LogP contribution < -0.4 is 0 Å². The fourth-order valence-electron chi connectivity index (χ4n) is 2.03. The fourth-order valence-corrected chi connectivity index (χ4v) is 2.03. The SMILES string of the molecule is [CH2]c1cccc2c(CCCC)cccc12. The average Bonchev–Trinajstić information content (AvgIpc) is 2.27. The molecule has 0 aliphatic heterocycles. The van der Waals surface area contributed by atoms with Gasteiger partial charge in [-0.15, -0.1) is 0 Å². The number of aryl methyl sites for hydroxylation is 1. The van der Waals surface area contributed by atoms with Crippen molar-refractivity contribution in [3.8, 4) is 0 Å². The van der Waals surface area contributed by atoms with Gasteiger partial charge in [-0.25, -0.2) is 0 Å². The van der Waals surface area contributed by atoms with Crippen molar-refractivity contribution in [2.45, 2.75) is 26.2 Å². The van der Waals surface area contributed by atoms with Crippen LogP contribution in [0.15, 0.2) is 36.4 Å². The topological polar surface area (TPSA) is 0 Å². The number of benzene rings is 2. The van der Waals surface area contributed by atoms with E-state index >= 15 is 0 Å². The molecule has 0 spiro atoms. The van der Waals surface area contributed by atoms with Crippen LogP contribution in [0.1, 0.15) is 30.9 Å². The van der Waals surface area contributed by atoms with E-state index in [9.17, 15) is 0 Å². The third-order valence-electron chi connectivity index (χ3n) is 2.90. The molecule has 0 saturated carbocycles. The molecular weight excluding hydrogens is 180 g/mol. The molecule has 0 atom stereocenters. The third kappa shape index (κ3) is 2.04. The first-order valence-electron chi connectivity index (χ1n) is 5.65. The minimum absolute atomic E-state index is 1.13. The van der Waals surface area contributed by atoms with E-state index in [0.29, 0.717) is 0 Å². The van der Waals surface area contributed by atoms with Crippen LogP contribution in [-0.2, 0) is 6.42 Å². The Morgan fingerprint density at radius 1 is 1.00 bits per heavy atom. The lowest BCUT2D eigenvalue weighted by atomic mass is 9.98. The lowest BCUT2D eigenvalue weighted by Gasteiger charge is -2.07. The van der Waals surface area contributed by atoms with Crippen LogP contribution in [0, 0.1) is 6.92 Å². The number of fused-ring (bicyclic) bond motifs is 1. The normalized spacial score (nSPS) is 10.8. The number of hydrogen-bond acceptors (Lipinski definition) is 0. The highest BCUT2D eigenvalue weighted by atomic mass is 14.1. The van der Waals surface area contributed by atoms with E-state index in [2.05, 4.69) is 50.2 Å². The minimum atomic E-state index is 1.13. The predicted molar refractivity (Wildman–Crippen MR) is 67.0 cm³/mol. The molecule has 0 N–H and O–H groups in total. The summed E-state index contributed by atoms with van der Waals surface area (Å²) < 4.78 is 0. The summed E-state index contributed by atoms with van der Waals surface area (Å²) in [6, 6.07) is 12.9. The second-order valence-corrected chi connectivity index (χ2v) is 4.03. The van der Waals surface area contributed by atoms with Crippen LogP contribution in [0.2, 0.25) is 0 Å². The molecule has 0 bridgehead atoms. The zero-order valence-electron chi connectivity index (χ0n) is 9.29. The molecule has 0 amide bonds. The van der Waals surface area contributed by atoms with Gasteiger partial charge < -0.3 is 0 Å². The van der Waals surface area contributed by atoms with Gasteiger partial charge in [-0.1, -0.05) is 49.7 Å². The quantitative estimate of drug-likeness (QED) is 0.685. The molecule has 0 heterocycles. The summed E-state index contributed by atoms with van der Waals surface area (Å²) in [4.78, 5) is 0. The highest BCUT2D eigenvalue weighted by molar-refractivity contribution is 5.89. The summed E-state index contributed by atoms with van der Waals surface area (Å²) in [6.07, 6.45) is 3.69. The largest absolute Gasteiger partial charge is 0.0654 e. The monoisotopic (exact) mass is 197 g/mol. The van der Waals surface area contributed by atoms with Crippen molar-refractivity contribution in [3.05, 3.63) is 54.4 Å². The maximum Gasteiger partial charge on any atom is -0.0149 e. The van der Waals surface area contributed by atoms with Crippen LogP contribution in [0.5, 0.6) is 0 Å². The predicted octanol–water partition coefficient (Wildman–Crippen LogP) is 4.36. The van der Waals surface area contributed by atoms with Crippen molar-refractivity contribution in [1.82, 2.24) is 0 Å². The lowest BCUT2D eigenvalue weighted by Crippen LogP contribution is -1.88. The number of unbranched alkanes of at least 4 members (excludes halogenated alkanes) is 1. The molecule has 2 aromatic rings. The second kappa shape index (κ2) is 4.48. The molecule has 2 rings (SSSR count). The maximum absolute atomic E-state index is 4.07. The van der Waals surface area contributed by atoms with Gasteiger partial charge in [-0.3, -0.25) is 0 Å². The van der Waals surface area contributed by atoms with Crippen LogP contribution >= 0.6 is 0 Å². The van der Waals surface area contributed by atoms with Crippen LogP contribution in [0.4, 0.5) is 0 Å². The summed E-state index contributed by atoms with van der Waals surface area (Å²) in [5.41, 5.74) is 2.59. The molecule has 0 aliphatic rings. The molecule has 0 heteroatoms. The van der Waals surface area contributed by atoms with Crippen molar-refractivity contribution in [3.63, 3.8) is 0 Å². The first-order chi connectivity index (χ1) is 7.33. The van der Waals surface area contributed by atoms with Gasteiger partial charge >= 0.3 is 0 Å². The van der Waals surface area contributed by atoms with Crippen molar-refractivity contribution in [2.75, 3.05) is 0 Å². The average molecular weight is 197 g/mol. The molecule has 77 valence electrons. The lowest BCUT2D eigenvalue weighted by molar-refractivity contribution is 0.799. The van der Waals surface area contributed by atoms with E-state index in [0.717, 1.165) is 5.56 Å². The smallest absolute Gasteiger partial charge is 0.0149 e. The molecule has 0 aromatic heterocycles. The molecule has 1 radical (unpaired) electrons. The Morgan fingerprint density at radius 3 is 2.53 bits per heavy atom. The van der Waals surface area contributed by atoms with Crippen molar-refractivity contribution in [1.29, 1.82) is 0 Å². The van der Waals surface area contributed by atoms with E-state index in [1.165, 1.54) is 35.6 Å². The van der Waals surface area contributed by atoms with Crippen molar-refractivity contribution in [2.24, 2.45) is 0 Å². The van der Waals surface area contributed by atoms with Crippen molar-refractivity contribution >= 4 is 10.8 Å². The van der Waals surface area contributed by atoms with Gasteiger partial charge in [0.05, 0.1) is 0 Å². The van der Waals surface area contributed by atoms with E-state index in [4.69, 9.17) is 0 Å². The van der Waals surface area contributed by atoms with Crippen LogP contribution in [-0.4, -0.2) is 0 Å². The van der Waals surface area contributed by atoms with E-state index < -0.39 is 0 Å². The zero-order valence-corrected chi connectivity index (χ0v) is 9.29. The van der Waals surface area contributed by atoms with E-state index in [1.807, 2.05) is 0 Å². The summed E-state index contributed by atoms with van der Waals surface area (Å²) >= 11 is 0. The van der Waals surface area contributed by atoms with Gasteiger partial charge in [0.1, 0.15) is 0 Å². The van der Waals surface area contributed by atoms with E-state index in [1.54, 1.807) is 0 Å². The van der Waals surface area contributed by atoms with Gasteiger partial charge in [-0.05, 0) is 41.7 Å². The summed E-state index contributed by atoms with van der Waals surface area (Å²) in [5.74, 6) is 0. The fraction of sp³-hybridized carbons (Fsp3) is 0.267. The van der Waals surface area contributed by atoms with Gasteiger partial charge in [-0.2, -0.15) is 0 Å². The molecule has 15 heavy (non-hydrogen) atoms. The first kappa shape index (κ1) is 10.2. The van der Waals surface area contributed by atoms with Crippen molar-refractivity contribution < 1.29 is 0 Å². The summed E-state index contributed by atoms with van der Waals surface area (Å²) in [7, 11) is 0. The Balaban J connectivity index is 2.51. The van der Waals surface area contributed by atoms with Crippen LogP contribution in [0.25, 0.3) is 10.8 Å². The molecule has 0 nitrogen and oxygen atoms in total. The van der Waals surface area contributed by atoms with Crippen LogP contribution in [0.3, 0.4) is 0 Å². The Labute approximate surface area is 91.9 Å². The third-order valence-corrected chi connectivity index (χ3v) is 2.90. The molecule has 0 saturated heterocycles. The maximum atomic E-state index is 4.07. The molecular formula is C15H17. The molecule has 0 aliphatic carbocycles. The Bertz CT molecular complexity index is 455. The Morgan fingerprint density at radius 2 is 1.73 bits per heavy atom. The Hall–Kier alpha value is -1.30. The van der Waals surface area contributed by atoms with E-state index in [-0.39, 0.29) is 0 Å². The molecule has 2 aromatic carbocycles. The van der Waals surface area contributed by atoms with Gasteiger partial charge in [0.2, 0.25) is 0 Å². The number of rotatable bonds is 3. The second-order valence-electron chi connectivity index (χ2n) is 4.03. The van der Waals surface area contributed by atoms with Gasteiger partial charge in [0.25, 0.3) is 0 Å². The Kier molecular flexibility index (Phi) is 3.05. The summed E-state index contributed by atoms with van der Waals surface area (Å²) in [5, 5.41) is 2.67. The van der Waals surface area contributed by atoms with Gasteiger partial charge in [0.15, 0.2) is 0 Å². The molecule has 0 unspecified atom stereocenters. The summed E-state index contributed by atoms with van der Waals surface area (Å²) in [6.45, 7) is 6.30. The minimum Gasteiger partial charge on any atom is -0.0654 e. The number of hydrogen-bond donors (Lipinski definition) is 0.